The van der Waals surface area contributed by atoms with Gasteiger partial charge in [-0.15, -0.1) is 0 Å². The molecule has 0 unspecified atom stereocenters. The molecule has 3 heteroatoms. The average molecular weight is 465 g/mol. The molecule has 0 aromatic rings. The van der Waals surface area contributed by atoms with Crippen molar-refractivity contribution >= 4 is 25.3 Å². The second-order valence-corrected chi connectivity index (χ2v) is 5.17. The van der Waals surface area contributed by atoms with E-state index < -0.39 is 0 Å². The van der Waals surface area contributed by atoms with Gasteiger partial charge in [0.2, 0.25) is 0 Å². The quantitative estimate of drug-likeness (QED) is 0.229. The van der Waals surface area contributed by atoms with Crippen molar-refractivity contribution in [2.75, 3.05) is 11.5 Å². The Balaban J connectivity index is -0.000000218. The normalized spacial score (nSPS) is 9.18. The predicted octanol–water partition coefficient (Wildman–Crippen LogP) is 5.77. The van der Waals surface area contributed by atoms with E-state index in [1.807, 2.05) is 0 Å². The summed E-state index contributed by atoms with van der Waals surface area (Å²) in [6, 6.07) is 0. The number of unbranched alkanes of at least 4 members (excludes halogenated alkanes) is 8. The van der Waals surface area contributed by atoms with E-state index in [-0.39, 0.29) is 27.7 Å². The standard InChI is InChI=1S/2C7H16S.Hg/c2*1-2-3-4-5-6-7-8;/h2*8H,2-7H2,1H3;. The molecule has 0 bridgehead atoms. The van der Waals surface area contributed by atoms with E-state index in [0.717, 1.165) is 11.5 Å². The molecule has 17 heavy (non-hydrogen) atoms. The summed E-state index contributed by atoms with van der Waals surface area (Å²) in [6.07, 6.45) is 13.6. The van der Waals surface area contributed by atoms with Crippen molar-refractivity contribution in [2.45, 2.75) is 78.1 Å². The molecule has 0 atom stereocenters. The van der Waals surface area contributed by atoms with Crippen LogP contribution in [-0.2, 0) is 27.7 Å². The van der Waals surface area contributed by atoms with Crippen LogP contribution in [0.3, 0.4) is 0 Å². The van der Waals surface area contributed by atoms with E-state index in [0.29, 0.717) is 0 Å². The smallest absolute Gasteiger partial charge is 0 e. The summed E-state index contributed by atoms with van der Waals surface area (Å²) < 4.78 is 0. The van der Waals surface area contributed by atoms with Crippen molar-refractivity contribution in [3.05, 3.63) is 0 Å². The third kappa shape index (κ3) is 31.8. The van der Waals surface area contributed by atoms with Gasteiger partial charge in [-0.2, -0.15) is 25.3 Å². The summed E-state index contributed by atoms with van der Waals surface area (Å²) >= 11 is 8.25. The first-order chi connectivity index (χ1) is 7.83. The maximum Gasteiger partial charge on any atom is 0 e. The van der Waals surface area contributed by atoms with Crippen molar-refractivity contribution in [1.29, 1.82) is 0 Å². The van der Waals surface area contributed by atoms with E-state index in [2.05, 4.69) is 39.1 Å². The molecule has 0 nitrogen and oxygen atoms in total. The second kappa shape index (κ2) is 26.2. The molecule has 0 aliphatic rings. The zero-order valence-corrected chi connectivity index (χ0v) is 19.4. The molecular weight excluding hydrogens is 433 g/mol. The minimum absolute atomic E-state index is 0. The van der Waals surface area contributed by atoms with Crippen LogP contribution < -0.4 is 0 Å². The van der Waals surface area contributed by atoms with Crippen LogP contribution in [0.2, 0.25) is 0 Å². The zero-order valence-electron chi connectivity index (χ0n) is 12.1. The van der Waals surface area contributed by atoms with Crippen molar-refractivity contribution in [2.24, 2.45) is 0 Å². The van der Waals surface area contributed by atoms with Gasteiger partial charge in [0.25, 0.3) is 0 Å². The van der Waals surface area contributed by atoms with Crippen LogP contribution in [0.15, 0.2) is 0 Å². The van der Waals surface area contributed by atoms with Gasteiger partial charge < -0.3 is 0 Å². The van der Waals surface area contributed by atoms with Crippen LogP contribution in [0.5, 0.6) is 0 Å². The molecule has 0 aliphatic heterocycles. The summed E-state index contributed by atoms with van der Waals surface area (Å²) in [7, 11) is 0. The summed E-state index contributed by atoms with van der Waals surface area (Å²) in [5.74, 6) is 2.12. The number of rotatable bonds is 10. The Hall–Kier alpha value is 1.64. The van der Waals surface area contributed by atoms with Crippen LogP contribution in [0.1, 0.15) is 78.1 Å². The van der Waals surface area contributed by atoms with Crippen molar-refractivity contribution < 1.29 is 27.7 Å². The molecule has 0 saturated heterocycles. The Morgan fingerprint density at radius 2 is 0.824 bits per heavy atom. The van der Waals surface area contributed by atoms with Gasteiger partial charge in [0.15, 0.2) is 0 Å². The third-order valence-electron chi connectivity index (χ3n) is 2.52. The van der Waals surface area contributed by atoms with E-state index in [4.69, 9.17) is 0 Å². The van der Waals surface area contributed by atoms with Gasteiger partial charge in [0.05, 0.1) is 0 Å². The number of hydrogen-bond acceptors (Lipinski definition) is 2. The first-order valence-corrected chi connectivity index (χ1v) is 8.31. The van der Waals surface area contributed by atoms with Crippen molar-refractivity contribution in [3.8, 4) is 0 Å². The maximum atomic E-state index is 4.12. The molecule has 0 spiro atoms. The van der Waals surface area contributed by atoms with Crippen LogP contribution in [0.25, 0.3) is 0 Å². The van der Waals surface area contributed by atoms with E-state index >= 15 is 0 Å². The predicted molar refractivity (Wildman–Crippen MR) is 85.2 cm³/mol. The van der Waals surface area contributed by atoms with Gasteiger partial charge >= 0.3 is 0 Å². The van der Waals surface area contributed by atoms with E-state index in [1.54, 1.807) is 0 Å². The largest absolute Gasteiger partial charge is 0.179 e. The van der Waals surface area contributed by atoms with E-state index in [9.17, 15) is 0 Å². The molecule has 0 rings (SSSR count). The van der Waals surface area contributed by atoms with Gasteiger partial charge in [-0.25, -0.2) is 0 Å². The summed E-state index contributed by atoms with van der Waals surface area (Å²) in [4.78, 5) is 0. The molecule has 0 aromatic heterocycles. The fourth-order valence-electron chi connectivity index (χ4n) is 1.43. The van der Waals surface area contributed by atoms with Crippen LogP contribution in [0, 0.1) is 0 Å². The monoisotopic (exact) mass is 466 g/mol. The van der Waals surface area contributed by atoms with Gasteiger partial charge in [0.1, 0.15) is 0 Å². The number of hydrogen-bond donors (Lipinski definition) is 2. The van der Waals surface area contributed by atoms with Crippen LogP contribution in [-0.4, -0.2) is 11.5 Å². The minimum Gasteiger partial charge on any atom is -0.179 e. The van der Waals surface area contributed by atoms with Gasteiger partial charge in [-0.1, -0.05) is 65.2 Å². The fraction of sp³-hybridized carbons (Fsp3) is 1.00. The molecule has 0 N–H and O–H groups in total. The maximum absolute atomic E-state index is 4.12. The Morgan fingerprint density at radius 3 is 1.06 bits per heavy atom. The topological polar surface area (TPSA) is 0 Å². The second-order valence-electron chi connectivity index (χ2n) is 4.28. The van der Waals surface area contributed by atoms with Crippen LogP contribution in [0.4, 0.5) is 0 Å². The van der Waals surface area contributed by atoms with Gasteiger partial charge in [-0.05, 0) is 24.3 Å². The molecule has 102 valence electrons. The first-order valence-electron chi connectivity index (χ1n) is 7.05. The molecule has 0 saturated carbocycles. The Bertz CT molecular complexity index is 76.2. The molecule has 0 aliphatic carbocycles. The Kier molecular flexibility index (Phi) is 36.6. The molecule has 0 aromatic carbocycles. The van der Waals surface area contributed by atoms with Crippen molar-refractivity contribution in [1.82, 2.24) is 0 Å². The van der Waals surface area contributed by atoms with Crippen LogP contribution >= 0.6 is 25.3 Å². The van der Waals surface area contributed by atoms with Gasteiger partial charge in [-0.3, -0.25) is 0 Å². The molecule has 0 radical (unpaired) electrons. The third-order valence-corrected chi connectivity index (χ3v) is 3.16. The summed E-state index contributed by atoms with van der Waals surface area (Å²) in [5.41, 5.74) is 0. The molecule has 0 heterocycles. The first kappa shape index (κ1) is 23.7. The van der Waals surface area contributed by atoms with Crippen molar-refractivity contribution in [3.63, 3.8) is 0 Å². The summed E-state index contributed by atoms with van der Waals surface area (Å²) in [6.45, 7) is 4.47. The molecular formula is C14H32HgS2. The summed E-state index contributed by atoms with van der Waals surface area (Å²) in [5, 5.41) is 0. The van der Waals surface area contributed by atoms with E-state index in [1.165, 1.54) is 64.2 Å². The Labute approximate surface area is 141 Å². The Morgan fingerprint density at radius 1 is 0.529 bits per heavy atom. The fourth-order valence-corrected chi connectivity index (χ4v) is 1.88. The molecule has 0 amide bonds. The average Bonchev–Trinajstić information content (AvgIpc) is 2.31. The zero-order chi connectivity index (χ0) is 12.5. The molecule has 0 fully saturated rings. The number of thiol groups is 2. The SMILES string of the molecule is CCCCCCCS.CCCCCCCS.[Hg]. The minimum atomic E-state index is 0. The van der Waals surface area contributed by atoms with Gasteiger partial charge in [0, 0.05) is 27.7 Å².